The molecule has 212 valence electrons. The Morgan fingerprint density at radius 2 is 1.78 bits per heavy atom. The SMILES string of the molecule is CCCS(=O)(=O)N1CCN(C2(CNC(=O)c3ccc(C(F)(F)F)cc3Cl)CCC(F)(F)CC2)C(C)C1.Cl. The minimum absolute atomic E-state index is 0. The summed E-state index contributed by atoms with van der Waals surface area (Å²) in [6.07, 6.45) is -4.75. The standard InChI is InChI=1S/C23H31ClF5N3O3S.ClH/c1-3-12-36(34,35)31-10-11-32(16(2)14-31)21(6-8-22(25,26)9-7-21)15-30-20(33)18-5-4-17(13-19(18)24)23(27,28)29;/h4-5,13,16H,3,6-12,14-15H2,1-2H3,(H,30,33);1H. The van der Waals surface area contributed by atoms with E-state index in [1.54, 1.807) is 6.92 Å². The molecule has 1 atom stereocenters. The van der Waals surface area contributed by atoms with Crippen LogP contribution in [0.3, 0.4) is 0 Å². The maximum absolute atomic E-state index is 14.1. The third-order valence-corrected chi connectivity index (χ3v) is 9.44. The van der Waals surface area contributed by atoms with Gasteiger partial charge in [-0.15, -0.1) is 12.4 Å². The van der Waals surface area contributed by atoms with Gasteiger partial charge in [-0.05, 0) is 44.4 Å². The van der Waals surface area contributed by atoms with E-state index in [-0.39, 0.29) is 80.1 Å². The quantitative estimate of drug-likeness (QED) is 0.440. The molecule has 2 fully saturated rings. The minimum Gasteiger partial charge on any atom is -0.350 e. The number of sulfonamides is 1. The lowest BCUT2D eigenvalue weighted by Gasteiger charge is -2.53. The predicted molar refractivity (Wildman–Crippen MR) is 134 cm³/mol. The van der Waals surface area contributed by atoms with Gasteiger partial charge in [0.25, 0.3) is 5.91 Å². The molecule has 1 N–H and O–H groups in total. The Morgan fingerprint density at radius 3 is 2.30 bits per heavy atom. The highest BCUT2D eigenvalue weighted by Crippen LogP contribution is 2.43. The first-order valence-corrected chi connectivity index (χ1v) is 13.9. The Bertz CT molecular complexity index is 1060. The lowest BCUT2D eigenvalue weighted by Crippen LogP contribution is -2.66. The zero-order valence-electron chi connectivity index (χ0n) is 20.6. The van der Waals surface area contributed by atoms with Crippen LogP contribution in [0.1, 0.15) is 61.9 Å². The van der Waals surface area contributed by atoms with Crippen molar-refractivity contribution in [2.75, 3.05) is 31.9 Å². The Kier molecular flexibility index (Phi) is 10.3. The number of alkyl halides is 5. The van der Waals surface area contributed by atoms with E-state index in [1.807, 2.05) is 11.8 Å². The monoisotopic (exact) mass is 595 g/mol. The summed E-state index contributed by atoms with van der Waals surface area (Å²) in [6.45, 7) is 4.32. The maximum Gasteiger partial charge on any atom is 0.416 e. The zero-order chi connectivity index (χ0) is 26.9. The summed E-state index contributed by atoms with van der Waals surface area (Å²) in [6, 6.07) is 2.13. The number of rotatable bonds is 7. The van der Waals surface area contributed by atoms with Gasteiger partial charge in [-0.1, -0.05) is 18.5 Å². The van der Waals surface area contributed by atoms with E-state index in [4.69, 9.17) is 11.6 Å². The first-order chi connectivity index (χ1) is 16.6. The maximum atomic E-state index is 14.1. The largest absolute Gasteiger partial charge is 0.416 e. The molecule has 0 bridgehead atoms. The van der Waals surface area contributed by atoms with E-state index < -0.39 is 39.1 Å². The molecular weight excluding hydrogens is 564 g/mol. The van der Waals surface area contributed by atoms with Crippen molar-refractivity contribution in [2.45, 2.75) is 69.6 Å². The Hall–Kier alpha value is -1.21. The molecule has 1 aliphatic heterocycles. The molecule has 6 nitrogen and oxygen atoms in total. The van der Waals surface area contributed by atoms with Gasteiger partial charge in [0.1, 0.15) is 0 Å². The fraction of sp³-hybridized carbons (Fsp3) is 0.696. The van der Waals surface area contributed by atoms with Gasteiger partial charge in [-0.3, -0.25) is 9.69 Å². The fourth-order valence-corrected chi connectivity index (χ4v) is 6.97. The average molecular weight is 596 g/mol. The minimum atomic E-state index is -4.61. The van der Waals surface area contributed by atoms with Crippen LogP contribution < -0.4 is 5.32 Å². The molecule has 3 rings (SSSR count). The van der Waals surface area contributed by atoms with E-state index in [2.05, 4.69) is 5.32 Å². The van der Waals surface area contributed by atoms with Gasteiger partial charge in [0.05, 0.1) is 21.9 Å². The third kappa shape index (κ3) is 7.46. The number of nitrogens with one attached hydrogen (secondary N) is 1. The van der Waals surface area contributed by atoms with Gasteiger partial charge < -0.3 is 5.32 Å². The topological polar surface area (TPSA) is 69.7 Å². The predicted octanol–water partition coefficient (Wildman–Crippen LogP) is 5.20. The van der Waals surface area contributed by atoms with Crippen LogP contribution in [0.15, 0.2) is 18.2 Å². The molecule has 1 aliphatic carbocycles. The number of benzene rings is 1. The van der Waals surface area contributed by atoms with E-state index >= 15 is 0 Å². The average Bonchev–Trinajstić information content (AvgIpc) is 2.78. The van der Waals surface area contributed by atoms with Crippen LogP contribution in [0.25, 0.3) is 0 Å². The van der Waals surface area contributed by atoms with Crippen LogP contribution in [0.2, 0.25) is 5.02 Å². The van der Waals surface area contributed by atoms with Gasteiger partial charge in [-0.2, -0.15) is 17.5 Å². The van der Waals surface area contributed by atoms with Gasteiger partial charge in [0, 0.05) is 50.6 Å². The number of hydrogen-bond donors (Lipinski definition) is 1. The molecular formula is C23H32Cl2F5N3O3S. The Morgan fingerprint density at radius 1 is 1.16 bits per heavy atom. The number of amides is 1. The van der Waals surface area contributed by atoms with Crippen LogP contribution in [0.4, 0.5) is 22.0 Å². The highest BCUT2D eigenvalue weighted by Gasteiger charge is 2.49. The number of hydrogen-bond acceptors (Lipinski definition) is 4. The summed E-state index contributed by atoms with van der Waals surface area (Å²) < 4.78 is 93.4. The van der Waals surface area contributed by atoms with Crippen molar-refractivity contribution in [3.05, 3.63) is 34.3 Å². The smallest absolute Gasteiger partial charge is 0.350 e. The van der Waals surface area contributed by atoms with Crippen molar-refractivity contribution in [1.82, 2.24) is 14.5 Å². The van der Waals surface area contributed by atoms with Crippen molar-refractivity contribution in [3.63, 3.8) is 0 Å². The van der Waals surface area contributed by atoms with Crippen LogP contribution >= 0.6 is 24.0 Å². The highest BCUT2D eigenvalue weighted by molar-refractivity contribution is 7.89. The molecule has 1 saturated heterocycles. The first-order valence-electron chi connectivity index (χ1n) is 11.9. The molecule has 1 amide bonds. The molecule has 1 aromatic carbocycles. The van der Waals surface area contributed by atoms with E-state index in [9.17, 15) is 35.2 Å². The normalized spacial score (nSPS) is 22.8. The number of carbonyl (C=O) groups is 1. The Labute approximate surface area is 225 Å². The second-order valence-electron chi connectivity index (χ2n) is 9.67. The molecule has 1 heterocycles. The second kappa shape index (κ2) is 11.9. The molecule has 2 aliphatic rings. The lowest BCUT2D eigenvalue weighted by atomic mass is 9.77. The lowest BCUT2D eigenvalue weighted by molar-refractivity contribution is -0.137. The van der Waals surface area contributed by atoms with Gasteiger partial charge in [0.15, 0.2) is 0 Å². The van der Waals surface area contributed by atoms with Crippen LogP contribution in [-0.4, -0.2) is 73.0 Å². The second-order valence-corrected chi connectivity index (χ2v) is 12.2. The van der Waals surface area contributed by atoms with Crippen molar-refractivity contribution in [3.8, 4) is 0 Å². The van der Waals surface area contributed by atoms with E-state index in [0.717, 1.165) is 12.1 Å². The van der Waals surface area contributed by atoms with Crippen LogP contribution in [0, 0.1) is 0 Å². The van der Waals surface area contributed by atoms with Crippen LogP contribution in [0.5, 0.6) is 0 Å². The number of halogens is 7. The van der Waals surface area contributed by atoms with Crippen molar-refractivity contribution < 1.29 is 35.2 Å². The van der Waals surface area contributed by atoms with E-state index in [1.165, 1.54) is 4.31 Å². The Balaban J connectivity index is 0.00000481. The summed E-state index contributed by atoms with van der Waals surface area (Å²) in [5, 5.41) is 2.33. The first kappa shape index (κ1) is 32.0. The third-order valence-electron chi connectivity index (χ3n) is 7.09. The van der Waals surface area contributed by atoms with Gasteiger partial charge >= 0.3 is 6.18 Å². The molecule has 14 heteroatoms. The van der Waals surface area contributed by atoms with Gasteiger partial charge in [0.2, 0.25) is 15.9 Å². The van der Waals surface area contributed by atoms with Crippen molar-refractivity contribution >= 4 is 39.9 Å². The summed E-state index contributed by atoms with van der Waals surface area (Å²) >= 11 is 5.95. The number of nitrogens with zero attached hydrogens (tertiary/aromatic N) is 2. The summed E-state index contributed by atoms with van der Waals surface area (Å²) in [4.78, 5) is 14.8. The molecule has 0 radical (unpaired) electrons. The highest BCUT2D eigenvalue weighted by atomic mass is 35.5. The number of carbonyl (C=O) groups excluding carboxylic acids is 1. The summed E-state index contributed by atoms with van der Waals surface area (Å²) in [5.74, 6) is -3.51. The van der Waals surface area contributed by atoms with Crippen molar-refractivity contribution in [1.29, 1.82) is 0 Å². The van der Waals surface area contributed by atoms with Gasteiger partial charge in [-0.25, -0.2) is 17.2 Å². The number of piperazine rings is 1. The molecule has 1 unspecified atom stereocenters. The summed E-state index contributed by atoms with van der Waals surface area (Å²) in [5.41, 5.74) is -1.99. The molecule has 0 aromatic heterocycles. The fourth-order valence-electron chi connectivity index (χ4n) is 5.13. The zero-order valence-corrected chi connectivity index (χ0v) is 23.0. The molecule has 1 aromatic rings. The molecule has 1 saturated carbocycles. The van der Waals surface area contributed by atoms with Crippen LogP contribution in [-0.2, 0) is 16.2 Å². The van der Waals surface area contributed by atoms with E-state index in [0.29, 0.717) is 19.0 Å². The molecule has 0 spiro atoms. The summed E-state index contributed by atoms with van der Waals surface area (Å²) in [7, 11) is -3.42. The molecule has 37 heavy (non-hydrogen) atoms. The van der Waals surface area contributed by atoms with Crippen molar-refractivity contribution in [2.24, 2.45) is 0 Å².